The lowest BCUT2D eigenvalue weighted by Gasteiger charge is -1.97. The fourth-order valence-electron chi connectivity index (χ4n) is 0.702. The van der Waals surface area contributed by atoms with Crippen LogP contribution < -0.4 is 17.2 Å². The summed E-state index contributed by atoms with van der Waals surface area (Å²) in [6.45, 7) is 0. The second kappa shape index (κ2) is 7.16. The van der Waals surface area contributed by atoms with Gasteiger partial charge < -0.3 is 17.2 Å². The maximum absolute atomic E-state index is 5.40. The highest BCUT2D eigenvalue weighted by molar-refractivity contribution is 5.86. The van der Waals surface area contributed by atoms with Crippen LogP contribution in [-0.2, 0) is 0 Å². The Morgan fingerprint density at radius 1 is 0.583 bits per heavy atom. The van der Waals surface area contributed by atoms with Crippen LogP contribution in [0, 0.1) is 0 Å². The zero-order valence-electron chi connectivity index (χ0n) is 6.19. The Hall–Kier alpha value is -0.510. The van der Waals surface area contributed by atoms with Crippen molar-refractivity contribution >= 4 is 54.3 Å². The molecule has 0 radical (unpaired) electrons. The Bertz CT molecular complexity index is 179. The topological polar surface area (TPSA) is 78.1 Å². The number of nitrogen functional groups attached to an aromatic ring is 3. The van der Waals surface area contributed by atoms with E-state index in [0.717, 1.165) is 0 Å². The van der Waals surface area contributed by atoms with Crippen molar-refractivity contribution in [2.45, 2.75) is 0 Å². The minimum atomic E-state index is 0. The lowest BCUT2D eigenvalue weighted by Crippen LogP contribution is -1.93. The summed E-state index contributed by atoms with van der Waals surface area (Å²) in [5.41, 5.74) is 18.0. The first-order valence-corrected chi connectivity index (χ1v) is 2.60. The highest BCUT2D eigenvalue weighted by Gasteiger charge is 1.89. The summed E-state index contributed by atoms with van der Waals surface area (Å²) in [6, 6.07) is 4.99. The summed E-state index contributed by atoms with van der Waals surface area (Å²) in [5.74, 6) is 0. The summed E-state index contributed by atoms with van der Waals surface area (Å²) >= 11 is 0. The number of anilines is 3. The standard InChI is InChI=1S/C6H9N3.3ClH/c7-4-1-5(8)3-6(9)2-4;;;/h1-3H,7-9H2;3*1H. The minimum Gasteiger partial charge on any atom is -0.399 e. The number of halogens is 3. The van der Waals surface area contributed by atoms with Gasteiger partial charge in [0.1, 0.15) is 0 Å². The predicted molar refractivity (Wildman–Crippen MR) is 61.4 cm³/mol. The Morgan fingerprint density at radius 3 is 0.917 bits per heavy atom. The third-order valence-corrected chi connectivity index (χ3v) is 1.00. The molecule has 1 rings (SSSR count). The molecule has 0 aliphatic carbocycles. The van der Waals surface area contributed by atoms with Crippen molar-refractivity contribution in [2.75, 3.05) is 17.2 Å². The van der Waals surface area contributed by atoms with Gasteiger partial charge in [-0.2, -0.15) is 0 Å². The summed E-state index contributed by atoms with van der Waals surface area (Å²) in [4.78, 5) is 0. The molecule has 1 aromatic carbocycles. The third kappa shape index (κ3) is 5.18. The van der Waals surface area contributed by atoms with E-state index in [2.05, 4.69) is 0 Å². The van der Waals surface area contributed by atoms with Crippen LogP contribution in [-0.4, -0.2) is 0 Å². The van der Waals surface area contributed by atoms with Crippen LogP contribution >= 0.6 is 37.2 Å². The molecule has 0 aromatic heterocycles. The van der Waals surface area contributed by atoms with Gasteiger partial charge in [-0.1, -0.05) is 0 Å². The Morgan fingerprint density at radius 2 is 0.750 bits per heavy atom. The molecule has 3 nitrogen and oxygen atoms in total. The van der Waals surface area contributed by atoms with Crippen molar-refractivity contribution < 1.29 is 0 Å². The maximum atomic E-state index is 5.40. The van der Waals surface area contributed by atoms with Gasteiger partial charge in [0.15, 0.2) is 0 Å². The molecule has 72 valence electrons. The molecule has 0 aliphatic heterocycles. The predicted octanol–water partition coefficient (Wildman–Crippen LogP) is 1.70. The Kier molecular flexibility index (Phi) is 10.5. The molecule has 0 aliphatic rings. The van der Waals surface area contributed by atoms with E-state index in [0.29, 0.717) is 17.1 Å². The second-order valence-corrected chi connectivity index (χ2v) is 1.93. The van der Waals surface area contributed by atoms with E-state index in [9.17, 15) is 0 Å². The molecular weight excluding hydrogens is 220 g/mol. The summed E-state index contributed by atoms with van der Waals surface area (Å²) in [7, 11) is 0. The van der Waals surface area contributed by atoms with Gasteiger partial charge in [0.05, 0.1) is 0 Å². The van der Waals surface area contributed by atoms with Crippen LogP contribution in [0.1, 0.15) is 0 Å². The number of hydrogen-bond acceptors (Lipinski definition) is 3. The summed E-state index contributed by atoms with van der Waals surface area (Å²) in [6.07, 6.45) is 0. The number of benzene rings is 1. The van der Waals surface area contributed by atoms with E-state index in [4.69, 9.17) is 17.2 Å². The van der Waals surface area contributed by atoms with Gasteiger partial charge in [0.25, 0.3) is 0 Å². The Balaban J connectivity index is -0.000000270. The minimum absolute atomic E-state index is 0. The first-order chi connectivity index (χ1) is 4.18. The molecule has 0 heterocycles. The quantitative estimate of drug-likeness (QED) is 0.596. The zero-order valence-corrected chi connectivity index (χ0v) is 8.64. The fourth-order valence-corrected chi connectivity index (χ4v) is 0.702. The molecule has 6 N–H and O–H groups in total. The molecule has 0 saturated heterocycles. The third-order valence-electron chi connectivity index (χ3n) is 1.00. The van der Waals surface area contributed by atoms with Crippen LogP contribution in [0.15, 0.2) is 18.2 Å². The second-order valence-electron chi connectivity index (χ2n) is 1.93. The first-order valence-electron chi connectivity index (χ1n) is 2.60. The van der Waals surface area contributed by atoms with E-state index >= 15 is 0 Å². The van der Waals surface area contributed by atoms with Crippen molar-refractivity contribution in [2.24, 2.45) is 0 Å². The van der Waals surface area contributed by atoms with Crippen LogP contribution in [0.3, 0.4) is 0 Å². The van der Waals surface area contributed by atoms with Crippen LogP contribution in [0.25, 0.3) is 0 Å². The van der Waals surface area contributed by atoms with Crippen LogP contribution in [0.4, 0.5) is 17.1 Å². The number of hydrogen-bond donors (Lipinski definition) is 3. The van der Waals surface area contributed by atoms with E-state index in [1.54, 1.807) is 18.2 Å². The zero-order chi connectivity index (χ0) is 6.85. The van der Waals surface area contributed by atoms with Gasteiger partial charge in [0.2, 0.25) is 0 Å². The molecule has 0 atom stereocenters. The van der Waals surface area contributed by atoms with Gasteiger partial charge in [-0.3, -0.25) is 0 Å². The van der Waals surface area contributed by atoms with Gasteiger partial charge >= 0.3 is 0 Å². The smallest absolute Gasteiger partial charge is 0.0355 e. The molecule has 0 fully saturated rings. The molecule has 0 spiro atoms. The van der Waals surface area contributed by atoms with Gasteiger partial charge in [-0.05, 0) is 18.2 Å². The van der Waals surface area contributed by atoms with Crippen molar-refractivity contribution in [3.05, 3.63) is 18.2 Å². The molecule has 1 aromatic rings. The van der Waals surface area contributed by atoms with Gasteiger partial charge in [0, 0.05) is 17.1 Å². The van der Waals surface area contributed by atoms with Crippen molar-refractivity contribution in [3.8, 4) is 0 Å². The molecule has 0 unspecified atom stereocenters. The largest absolute Gasteiger partial charge is 0.399 e. The molecule has 0 saturated carbocycles. The highest BCUT2D eigenvalue weighted by atomic mass is 35.5. The normalized spacial score (nSPS) is 7.00. The van der Waals surface area contributed by atoms with E-state index in [1.807, 2.05) is 0 Å². The lowest BCUT2D eigenvalue weighted by atomic mass is 10.2. The maximum Gasteiger partial charge on any atom is 0.0355 e. The molecule has 6 heteroatoms. The molecular formula is C6H12Cl3N3. The molecule has 0 amide bonds. The van der Waals surface area contributed by atoms with E-state index < -0.39 is 0 Å². The fraction of sp³-hybridized carbons (Fsp3) is 0. The number of nitrogens with two attached hydrogens (primary N) is 3. The number of rotatable bonds is 0. The van der Waals surface area contributed by atoms with Crippen LogP contribution in [0.2, 0.25) is 0 Å². The summed E-state index contributed by atoms with van der Waals surface area (Å²) in [5, 5.41) is 0. The van der Waals surface area contributed by atoms with Gasteiger partial charge in [-0.25, -0.2) is 0 Å². The van der Waals surface area contributed by atoms with Crippen molar-refractivity contribution in [1.29, 1.82) is 0 Å². The highest BCUT2D eigenvalue weighted by Crippen LogP contribution is 2.14. The monoisotopic (exact) mass is 231 g/mol. The average molecular weight is 233 g/mol. The van der Waals surface area contributed by atoms with E-state index in [-0.39, 0.29) is 37.2 Å². The summed E-state index contributed by atoms with van der Waals surface area (Å²) < 4.78 is 0. The van der Waals surface area contributed by atoms with Gasteiger partial charge in [-0.15, -0.1) is 37.2 Å². The van der Waals surface area contributed by atoms with Crippen molar-refractivity contribution in [1.82, 2.24) is 0 Å². The first kappa shape index (κ1) is 17.5. The van der Waals surface area contributed by atoms with E-state index in [1.165, 1.54) is 0 Å². The Labute approximate surface area is 89.9 Å². The SMILES string of the molecule is Cl.Cl.Cl.Nc1cc(N)cc(N)c1. The van der Waals surface area contributed by atoms with Crippen molar-refractivity contribution in [3.63, 3.8) is 0 Å². The molecule has 0 bridgehead atoms. The van der Waals surface area contributed by atoms with Crippen LogP contribution in [0.5, 0.6) is 0 Å². The average Bonchev–Trinajstić information content (AvgIpc) is 1.59. The lowest BCUT2D eigenvalue weighted by molar-refractivity contribution is 1.65. The molecule has 12 heavy (non-hydrogen) atoms.